The van der Waals surface area contributed by atoms with Crippen LogP contribution < -0.4 is 20.2 Å². The first-order valence-corrected chi connectivity index (χ1v) is 10.5. The Morgan fingerprint density at radius 2 is 1.78 bits per heavy atom. The van der Waals surface area contributed by atoms with Gasteiger partial charge in [0.25, 0.3) is 11.8 Å². The Balaban J connectivity index is 1.90. The Morgan fingerprint density at radius 1 is 1.00 bits per heavy atom. The molecule has 3 rings (SSSR count). The molecule has 7 nitrogen and oxygen atoms in total. The van der Waals surface area contributed by atoms with Crippen molar-refractivity contribution in [2.24, 2.45) is 5.10 Å². The smallest absolute Gasteiger partial charge is 0.287 e. The number of rotatable bonds is 8. The predicted octanol–water partition coefficient (Wildman–Crippen LogP) is 3.99. The lowest BCUT2D eigenvalue weighted by atomic mass is 10.1. The van der Waals surface area contributed by atoms with Gasteiger partial charge in [0.05, 0.1) is 20.4 Å². The molecule has 0 unspecified atom stereocenters. The second kappa shape index (κ2) is 10.9. The highest BCUT2D eigenvalue weighted by Crippen LogP contribution is 2.26. The molecule has 2 amide bonds. The number of hydrogen-bond donors (Lipinski definition) is 2. The molecule has 0 saturated heterocycles. The summed E-state index contributed by atoms with van der Waals surface area (Å²) in [7, 11) is 3.07. The summed E-state index contributed by atoms with van der Waals surface area (Å²) in [5.74, 6) is 0.0929. The second-order valence-corrected chi connectivity index (χ2v) is 7.95. The number of carbonyl (C=O) groups is 2. The minimum atomic E-state index is -0.580. The molecule has 8 heteroatoms. The average molecular weight is 450 g/mol. The van der Waals surface area contributed by atoms with E-state index in [9.17, 15) is 9.59 Å². The summed E-state index contributed by atoms with van der Waals surface area (Å²) in [6, 6.07) is 17.7. The molecule has 0 aliphatic carbocycles. The number of ether oxygens (including phenoxy) is 2. The van der Waals surface area contributed by atoms with E-state index in [2.05, 4.69) is 15.8 Å². The summed E-state index contributed by atoms with van der Waals surface area (Å²) in [6.45, 7) is 1.99. The van der Waals surface area contributed by atoms with Crippen molar-refractivity contribution < 1.29 is 19.1 Å². The number of benzene rings is 2. The lowest BCUT2D eigenvalue weighted by Gasteiger charge is -2.11. The van der Waals surface area contributed by atoms with Gasteiger partial charge >= 0.3 is 0 Å². The van der Waals surface area contributed by atoms with Gasteiger partial charge in [-0.05, 0) is 55.5 Å². The van der Waals surface area contributed by atoms with Crippen molar-refractivity contribution in [1.29, 1.82) is 0 Å². The maximum Gasteiger partial charge on any atom is 0.287 e. The number of nitrogens with zero attached hydrogens (tertiary/aromatic N) is 1. The Bertz CT molecular complexity index is 1150. The van der Waals surface area contributed by atoms with Gasteiger partial charge in [-0.15, -0.1) is 11.3 Å². The zero-order chi connectivity index (χ0) is 22.9. The number of methoxy groups -OCH3 is 2. The molecule has 0 saturated carbocycles. The van der Waals surface area contributed by atoms with Crippen molar-refractivity contribution in [3.63, 3.8) is 0 Å². The van der Waals surface area contributed by atoms with E-state index in [4.69, 9.17) is 9.47 Å². The molecule has 32 heavy (non-hydrogen) atoms. The Hall–Kier alpha value is -3.91. The second-order valence-electron chi connectivity index (χ2n) is 6.63. The van der Waals surface area contributed by atoms with Crippen molar-refractivity contribution in [1.82, 2.24) is 10.7 Å². The van der Waals surface area contributed by atoms with Crippen LogP contribution in [-0.4, -0.2) is 32.2 Å². The molecule has 0 aliphatic heterocycles. The minimum absolute atomic E-state index is 0.00455. The highest BCUT2D eigenvalue weighted by atomic mass is 32.1. The molecular weight excluding hydrogens is 426 g/mol. The van der Waals surface area contributed by atoms with E-state index in [1.807, 2.05) is 25.1 Å². The topological polar surface area (TPSA) is 89.0 Å². The Labute approximate surface area is 190 Å². The molecule has 0 spiro atoms. The zero-order valence-electron chi connectivity index (χ0n) is 17.9. The Morgan fingerprint density at radius 3 is 2.44 bits per heavy atom. The van der Waals surface area contributed by atoms with Crippen LogP contribution in [-0.2, 0) is 4.79 Å². The van der Waals surface area contributed by atoms with Gasteiger partial charge in [-0.2, -0.15) is 5.10 Å². The van der Waals surface area contributed by atoms with Crippen LogP contribution in [0.2, 0.25) is 0 Å². The first kappa shape index (κ1) is 22.8. The van der Waals surface area contributed by atoms with Gasteiger partial charge in [0.2, 0.25) is 0 Å². The van der Waals surface area contributed by atoms with E-state index in [0.717, 1.165) is 9.75 Å². The average Bonchev–Trinajstić information content (AvgIpc) is 3.23. The molecule has 0 bridgehead atoms. The van der Waals surface area contributed by atoms with E-state index in [1.165, 1.54) is 13.2 Å². The quantitative estimate of drug-likeness (QED) is 0.309. The standard InChI is InChI=1S/C24H23N3O4S/c1-16-9-11-20(32-16)15-25-27-24(29)21(26-23(28)17-7-5-4-6-8-17)14-18-13-19(30-2)10-12-22(18)31-3/h4-15H,1-3H3,(H,26,28)(H,27,29)/b21-14-,25-15+. The number of hydrazone groups is 1. The molecule has 2 aromatic carbocycles. The van der Waals surface area contributed by atoms with Crippen LogP contribution in [0.25, 0.3) is 6.08 Å². The highest BCUT2D eigenvalue weighted by molar-refractivity contribution is 7.13. The first-order valence-electron chi connectivity index (χ1n) is 9.70. The summed E-state index contributed by atoms with van der Waals surface area (Å²) in [4.78, 5) is 27.6. The van der Waals surface area contributed by atoms with E-state index in [1.54, 1.807) is 67.1 Å². The zero-order valence-corrected chi connectivity index (χ0v) is 18.7. The molecule has 0 atom stereocenters. The maximum atomic E-state index is 12.9. The van der Waals surface area contributed by atoms with Gasteiger partial charge in [-0.1, -0.05) is 18.2 Å². The molecule has 164 valence electrons. The minimum Gasteiger partial charge on any atom is -0.497 e. The van der Waals surface area contributed by atoms with Gasteiger partial charge in [0, 0.05) is 20.9 Å². The third-order valence-electron chi connectivity index (χ3n) is 4.38. The van der Waals surface area contributed by atoms with Gasteiger partial charge in [0.15, 0.2) is 0 Å². The number of carbonyl (C=O) groups excluding carboxylic acids is 2. The lowest BCUT2D eigenvalue weighted by Crippen LogP contribution is -2.32. The summed E-state index contributed by atoms with van der Waals surface area (Å²) in [5, 5.41) is 6.68. The van der Waals surface area contributed by atoms with Crippen LogP contribution in [0.4, 0.5) is 0 Å². The van der Waals surface area contributed by atoms with Crippen LogP contribution in [0.5, 0.6) is 11.5 Å². The van der Waals surface area contributed by atoms with Crippen LogP contribution in [0.1, 0.15) is 25.7 Å². The fraction of sp³-hybridized carbons (Fsp3) is 0.125. The van der Waals surface area contributed by atoms with Crippen LogP contribution in [0.3, 0.4) is 0 Å². The van der Waals surface area contributed by atoms with E-state index >= 15 is 0 Å². The van der Waals surface area contributed by atoms with Crippen molar-refractivity contribution in [3.05, 3.63) is 87.2 Å². The molecule has 0 fully saturated rings. The van der Waals surface area contributed by atoms with Crippen molar-refractivity contribution >= 4 is 35.4 Å². The summed E-state index contributed by atoms with van der Waals surface area (Å²) >= 11 is 1.55. The fourth-order valence-electron chi connectivity index (χ4n) is 2.79. The number of nitrogens with one attached hydrogen (secondary N) is 2. The van der Waals surface area contributed by atoms with E-state index in [-0.39, 0.29) is 5.70 Å². The Kier molecular flexibility index (Phi) is 7.77. The predicted molar refractivity (Wildman–Crippen MR) is 126 cm³/mol. The number of hydrogen-bond acceptors (Lipinski definition) is 6. The van der Waals surface area contributed by atoms with Crippen LogP contribution in [0, 0.1) is 6.92 Å². The third-order valence-corrected chi connectivity index (χ3v) is 5.32. The van der Waals surface area contributed by atoms with Crippen LogP contribution >= 0.6 is 11.3 Å². The van der Waals surface area contributed by atoms with Gasteiger partial charge in [0.1, 0.15) is 17.2 Å². The molecule has 1 aromatic heterocycles. The molecule has 3 aromatic rings. The first-order chi connectivity index (χ1) is 15.5. The van der Waals surface area contributed by atoms with Crippen molar-refractivity contribution in [2.75, 3.05) is 14.2 Å². The summed E-state index contributed by atoms with van der Waals surface area (Å²) < 4.78 is 10.7. The van der Waals surface area contributed by atoms with Crippen LogP contribution in [0.15, 0.2) is 71.5 Å². The summed E-state index contributed by atoms with van der Waals surface area (Å²) in [5.41, 5.74) is 3.45. The molecule has 1 heterocycles. The highest BCUT2D eigenvalue weighted by Gasteiger charge is 2.16. The number of thiophene rings is 1. The summed E-state index contributed by atoms with van der Waals surface area (Å²) in [6.07, 6.45) is 3.07. The molecular formula is C24H23N3O4S. The monoisotopic (exact) mass is 449 g/mol. The third kappa shape index (κ3) is 6.05. The normalized spacial score (nSPS) is 11.3. The molecule has 0 radical (unpaired) electrons. The van der Waals surface area contributed by atoms with Crippen molar-refractivity contribution in [3.8, 4) is 11.5 Å². The molecule has 2 N–H and O–H groups in total. The van der Waals surface area contributed by atoms with Gasteiger partial charge in [-0.25, -0.2) is 5.43 Å². The maximum absolute atomic E-state index is 12.9. The molecule has 0 aliphatic rings. The SMILES string of the molecule is COc1ccc(OC)c(/C=C(\NC(=O)c2ccccc2)C(=O)N/N=C/c2ccc(C)s2)c1. The fourth-order valence-corrected chi connectivity index (χ4v) is 3.54. The largest absolute Gasteiger partial charge is 0.497 e. The van der Waals surface area contributed by atoms with E-state index < -0.39 is 11.8 Å². The lowest BCUT2D eigenvalue weighted by molar-refractivity contribution is -0.117. The van der Waals surface area contributed by atoms with E-state index in [0.29, 0.717) is 22.6 Å². The van der Waals surface area contributed by atoms with Gasteiger partial charge in [-0.3, -0.25) is 9.59 Å². The number of aryl methyl sites for hydroxylation is 1. The number of amides is 2. The van der Waals surface area contributed by atoms with Gasteiger partial charge < -0.3 is 14.8 Å². The van der Waals surface area contributed by atoms with Crippen molar-refractivity contribution in [2.45, 2.75) is 6.92 Å².